The highest BCUT2D eigenvalue weighted by atomic mass is 32.2. The zero-order valence-electron chi connectivity index (χ0n) is 9.69. The van der Waals surface area contributed by atoms with E-state index in [0.29, 0.717) is 13.1 Å². The Morgan fingerprint density at radius 1 is 1.44 bits per heavy atom. The van der Waals surface area contributed by atoms with Crippen LogP contribution in [0.25, 0.3) is 0 Å². The van der Waals surface area contributed by atoms with Crippen LogP contribution in [0.1, 0.15) is 23.7 Å². The number of aryl methyl sites for hydroxylation is 1. The van der Waals surface area contributed by atoms with Crippen LogP contribution in [0.5, 0.6) is 0 Å². The lowest BCUT2D eigenvalue weighted by molar-refractivity contribution is 0.592. The predicted octanol–water partition coefficient (Wildman–Crippen LogP) is 1.23. The van der Waals surface area contributed by atoms with Crippen LogP contribution >= 0.6 is 11.3 Å². The average molecular weight is 262 g/mol. The van der Waals surface area contributed by atoms with E-state index in [9.17, 15) is 8.42 Å². The lowest BCUT2D eigenvalue weighted by Crippen LogP contribution is -2.23. The largest absolute Gasteiger partial charge is 0.311 e. The second-order valence-electron chi connectivity index (χ2n) is 3.49. The zero-order chi connectivity index (χ0) is 12.0. The number of sulfone groups is 1. The molecule has 1 heterocycles. The van der Waals surface area contributed by atoms with E-state index < -0.39 is 9.84 Å². The van der Waals surface area contributed by atoms with Crippen molar-refractivity contribution in [1.82, 2.24) is 10.3 Å². The van der Waals surface area contributed by atoms with Gasteiger partial charge in [0.05, 0.1) is 10.8 Å². The molecular weight excluding hydrogens is 244 g/mol. The summed E-state index contributed by atoms with van der Waals surface area (Å²) < 4.78 is 22.4. The van der Waals surface area contributed by atoms with Gasteiger partial charge in [-0.1, -0.05) is 13.8 Å². The maximum Gasteiger partial charge on any atom is 0.151 e. The number of nitrogens with zero attached hydrogens (tertiary/aromatic N) is 1. The van der Waals surface area contributed by atoms with Gasteiger partial charge in [-0.3, -0.25) is 0 Å². The molecular formula is C10H18N2O2S2. The van der Waals surface area contributed by atoms with Crippen molar-refractivity contribution in [2.75, 3.05) is 18.1 Å². The average Bonchev–Trinajstić information content (AvgIpc) is 2.72. The summed E-state index contributed by atoms with van der Waals surface area (Å²) in [5.41, 5.74) is 0. The molecule has 0 radical (unpaired) electrons. The lowest BCUT2D eigenvalue weighted by Gasteiger charge is -2.02. The molecule has 0 saturated carbocycles. The van der Waals surface area contributed by atoms with Crippen molar-refractivity contribution in [1.29, 1.82) is 0 Å². The fourth-order valence-corrected chi connectivity index (χ4v) is 2.75. The first kappa shape index (κ1) is 13.6. The van der Waals surface area contributed by atoms with E-state index in [-0.39, 0.29) is 11.5 Å². The molecule has 0 aromatic carbocycles. The van der Waals surface area contributed by atoms with Gasteiger partial charge in [-0.15, -0.1) is 11.3 Å². The first-order valence-electron chi connectivity index (χ1n) is 5.42. The third-order valence-electron chi connectivity index (χ3n) is 2.23. The molecule has 0 spiro atoms. The van der Waals surface area contributed by atoms with E-state index in [0.717, 1.165) is 16.3 Å². The van der Waals surface area contributed by atoms with Gasteiger partial charge in [0.25, 0.3) is 0 Å². The SMILES string of the molecule is CCc1ncc(CNCCS(=O)(=O)CC)s1. The zero-order valence-corrected chi connectivity index (χ0v) is 11.3. The van der Waals surface area contributed by atoms with Crippen LogP contribution < -0.4 is 5.32 Å². The summed E-state index contributed by atoms with van der Waals surface area (Å²) >= 11 is 1.67. The summed E-state index contributed by atoms with van der Waals surface area (Å²) in [7, 11) is -2.85. The van der Waals surface area contributed by atoms with E-state index in [1.165, 1.54) is 0 Å². The van der Waals surface area contributed by atoms with Gasteiger partial charge in [0.15, 0.2) is 9.84 Å². The maximum atomic E-state index is 11.2. The quantitative estimate of drug-likeness (QED) is 0.751. The Kier molecular flexibility index (Phi) is 5.37. The molecule has 1 aromatic heterocycles. The molecule has 0 atom stereocenters. The highest BCUT2D eigenvalue weighted by Crippen LogP contribution is 2.12. The number of hydrogen-bond acceptors (Lipinski definition) is 5. The third kappa shape index (κ3) is 4.59. The molecule has 0 aliphatic rings. The Bertz CT molecular complexity index is 412. The summed E-state index contributed by atoms with van der Waals surface area (Å²) in [6.45, 7) is 4.96. The topological polar surface area (TPSA) is 59.1 Å². The second-order valence-corrected chi connectivity index (χ2v) is 7.16. The number of rotatable bonds is 7. The Morgan fingerprint density at radius 2 is 2.19 bits per heavy atom. The van der Waals surface area contributed by atoms with Crippen molar-refractivity contribution in [2.24, 2.45) is 0 Å². The van der Waals surface area contributed by atoms with E-state index in [2.05, 4.69) is 17.2 Å². The molecule has 0 unspecified atom stereocenters. The van der Waals surface area contributed by atoms with Crippen molar-refractivity contribution < 1.29 is 8.42 Å². The smallest absolute Gasteiger partial charge is 0.151 e. The van der Waals surface area contributed by atoms with Gasteiger partial charge in [0, 0.05) is 29.9 Å². The van der Waals surface area contributed by atoms with Gasteiger partial charge in [0.2, 0.25) is 0 Å². The van der Waals surface area contributed by atoms with Crippen molar-refractivity contribution in [3.05, 3.63) is 16.1 Å². The van der Waals surface area contributed by atoms with Gasteiger partial charge in [0.1, 0.15) is 0 Å². The van der Waals surface area contributed by atoms with Gasteiger partial charge in [-0.25, -0.2) is 13.4 Å². The van der Waals surface area contributed by atoms with Gasteiger partial charge in [-0.2, -0.15) is 0 Å². The Balaban J connectivity index is 2.26. The molecule has 1 rings (SSSR count). The molecule has 0 fully saturated rings. The van der Waals surface area contributed by atoms with Crippen LogP contribution in [0, 0.1) is 0 Å². The van der Waals surface area contributed by atoms with Crippen molar-refractivity contribution in [3.63, 3.8) is 0 Å². The minimum Gasteiger partial charge on any atom is -0.311 e. The lowest BCUT2D eigenvalue weighted by atomic mass is 10.5. The van der Waals surface area contributed by atoms with Gasteiger partial charge >= 0.3 is 0 Å². The number of thiazole rings is 1. The molecule has 0 saturated heterocycles. The molecule has 1 aromatic rings. The number of aromatic nitrogens is 1. The van der Waals surface area contributed by atoms with E-state index >= 15 is 0 Å². The summed E-state index contributed by atoms with van der Waals surface area (Å²) in [5.74, 6) is 0.429. The molecule has 4 nitrogen and oxygen atoms in total. The number of nitrogens with one attached hydrogen (secondary N) is 1. The Hall–Kier alpha value is -0.460. The molecule has 6 heteroatoms. The molecule has 1 N–H and O–H groups in total. The van der Waals surface area contributed by atoms with Crippen molar-refractivity contribution >= 4 is 21.2 Å². The fourth-order valence-electron chi connectivity index (χ4n) is 1.18. The normalized spacial score (nSPS) is 11.9. The Morgan fingerprint density at radius 3 is 2.75 bits per heavy atom. The van der Waals surface area contributed by atoms with E-state index in [1.54, 1.807) is 18.3 Å². The van der Waals surface area contributed by atoms with Crippen LogP contribution in [0.2, 0.25) is 0 Å². The summed E-state index contributed by atoms with van der Waals surface area (Å²) in [6, 6.07) is 0. The molecule has 92 valence electrons. The minimum atomic E-state index is -2.85. The molecule has 0 aliphatic carbocycles. The molecule has 0 bridgehead atoms. The standard InChI is InChI=1S/C10H18N2O2S2/c1-3-10-12-8-9(15-10)7-11-5-6-16(13,14)4-2/h8,11H,3-7H2,1-2H3. The highest BCUT2D eigenvalue weighted by molar-refractivity contribution is 7.91. The van der Waals surface area contributed by atoms with E-state index in [1.807, 2.05) is 6.20 Å². The summed E-state index contributed by atoms with van der Waals surface area (Å²) in [5, 5.41) is 4.24. The van der Waals surface area contributed by atoms with Gasteiger partial charge < -0.3 is 5.32 Å². The van der Waals surface area contributed by atoms with Crippen LogP contribution in [0.15, 0.2) is 6.20 Å². The monoisotopic (exact) mass is 262 g/mol. The first-order chi connectivity index (χ1) is 7.57. The molecule has 16 heavy (non-hydrogen) atoms. The predicted molar refractivity (Wildman–Crippen MR) is 67.5 cm³/mol. The second kappa shape index (κ2) is 6.32. The third-order valence-corrected chi connectivity index (χ3v) is 5.08. The van der Waals surface area contributed by atoms with Crippen LogP contribution in [0.4, 0.5) is 0 Å². The van der Waals surface area contributed by atoms with E-state index in [4.69, 9.17) is 0 Å². The van der Waals surface area contributed by atoms with Crippen molar-refractivity contribution in [3.8, 4) is 0 Å². The van der Waals surface area contributed by atoms with Crippen molar-refractivity contribution in [2.45, 2.75) is 26.8 Å². The summed E-state index contributed by atoms with van der Waals surface area (Å²) in [4.78, 5) is 5.40. The molecule has 0 amide bonds. The van der Waals surface area contributed by atoms with Gasteiger partial charge in [-0.05, 0) is 6.42 Å². The highest BCUT2D eigenvalue weighted by Gasteiger charge is 2.06. The Labute approximate surface area is 101 Å². The fraction of sp³-hybridized carbons (Fsp3) is 0.700. The number of hydrogen-bond donors (Lipinski definition) is 1. The minimum absolute atomic E-state index is 0.211. The first-order valence-corrected chi connectivity index (χ1v) is 8.06. The maximum absolute atomic E-state index is 11.2. The molecule has 0 aliphatic heterocycles. The van der Waals surface area contributed by atoms with Crippen LogP contribution in [-0.4, -0.2) is 31.5 Å². The van der Waals surface area contributed by atoms with Crippen LogP contribution in [-0.2, 0) is 22.8 Å². The van der Waals surface area contributed by atoms with Crippen LogP contribution in [0.3, 0.4) is 0 Å². The summed E-state index contributed by atoms with van der Waals surface area (Å²) in [6.07, 6.45) is 2.81.